The van der Waals surface area contributed by atoms with Crippen LogP contribution in [0.2, 0.25) is 10.0 Å². The average molecular weight is 295 g/mol. The number of hydrogen-bond acceptors (Lipinski definition) is 4. The van der Waals surface area contributed by atoms with Crippen molar-refractivity contribution < 1.29 is 9.53 Å². The van der Waals surface area contributed by atoms with Gasteiger partial charge in [-0.25, -0.2) is 5.84 Å². The van der Waals surface area contributed by atoms with Crippen LogP contribution in [0.3, 0.4) is 0 Å². The molecule has 17 heavy (non-hydrogen) atoms. The van der Waals surface area contributed by atoms with Gasteiger partial charge >= 0.3 is 0 Å². The van der Waals surface area contributed by atoms with Crippen LogP contribution < -0.4 is 16.0 Å². The van der Waals surface area contributed by atoms with Gasteiger partial charge in [0, 0.05) is 11.4 Å². The number of benzene rings is 1. The number of carbonyl (C=O) groups is 1. The molecule has 7 heteroatoms. The van der Waals surface area contributed by atoms with Crippen LogP contribution in [-0.4, -0.2) is 17.8 Å². The number of nitrogens with one attached hydrogen (secondary N) is 1. The van der Waals surface area contributed by atoms with E-state index in [1.165, 1.54) is 0 Å². The Labute approximate surface area is 115 Å². The SMILES string of the molecule is NNC(=O)C(S)CCOc1ccc(Cl)cc1Cl. The average Bonchev–Trinajstić information content (AvgIpc) is 2.30. The Morgan fingerprint density at radius 2 is 2.24 bits per heavy atom. The fourth-order valence-electron chi connectivity index (χ4n) is 1.10. The van der Waals surface area contributed by atoms with Crippen molar-refractivity contribution in [2.75, 3.05) is 6.61 Å². The number of nitrogens with two attached hydrogens (primary N) is 1. The highest BCUT2D eigenvalue weighted by molar-refractivity contribution is 7.81. The van der Waals surface area contributed by atoms with Crippen LogP contribution in [0, 0.1) is 0 Å². The Hall–Kier alpha value is -0.620. The van der Waals surface area contributed by atoms with Gasteiger partial charge in [-0.1, -0.05) is 23.2 Å². The van der Waals surface area contributed by atoms with Gasteiger partial charge in [0.2, 0.25) is 5.91 Å². The lowest BCUT2D eigenvalue weighted by Crippen LogP contribution is -2.37. The zero-order valence-corrected chi connectivity index (χ0v) is 11.2. The van der Waals surface area contributed by atoms with E-state index in [0.717, 1.165) is 0 Å². The highest BCUT2D eigenvalue weighted by Crippen LogP contribution is 2.27. The second-order valence-corrected chi connectivity index (χ2v) is 4.70. The second-order valence-electron chi connectivity index (χ2n) is 3.24. The molecule has 0 spiro atoms. The first kappa shape index (κ1) is 14.4. The number of halogens is 2. The summed E-state index contributed by atoms with van der Waals surface area (Å²) >= 11 is 15.7. The van der Waals surface area contributed by atoms with Crippen molar-refractivity contribution in [3.63, 3.8) is 0 Å². The van der Waals surface area contributed by atoms with E-state index in [1.54, 1.807) is 18.2 Å². The Morgan fingerprint density at radius 1 is 1.53 bits per heavy atom. The molecule has 0 bridgehead atoms. The van der Waals surface area contributed by atoms with E-state index in [9.17, 15) is 4.79 Å². The van der Waals surface area contributed by atoms with Crippen LogP contribution in [0.25, 0.3) is 0 Å². The summed E-state index contributed by atoms with van der Waals surface area (Å²) in [6.45, 7) is 0.308. The number of hydrazine groups is 1. The first-order chi connectivity index (χ1) is 8.04. The van der Waals surface area contributed by atoms with E-state index in [0.29, 0.717) is 28.8 Å². The Bertz CT molecular complexity index is 404. The van der Waals surface area contributed by atoms with E-state index in [2.05, 4.69) is 12.6 Å². The molecule has 0 fully saturated rings. The lowest BCUT2D eigenvalue weighted by atomic mass is 10.3. The van der Waals surface area contributed by atoms with Crippen molar-refractivity contribution in [3.8, 4) is 5.75 Å². The van der Waals surface area contributed by atoms with Crippen LogP contribution in [0.5, 0.6) is 5.75 Å². The fourth-order valence-corrected chi connectivity index (χ4v) is 1.74. The third-order valence-corrected chi connectivity index (χ3v) is 3.01. The Kier molecular flexibility index (Phi) is 5.91. The first-order valence-corrected chi connectivity index (χ1v) is 6.08. The summed E-state index contributed by atoms with van der Waals surface area (Å²) in [4.78, 5) is 11.1. The molecule has 0 aliphatic rings. The van der Waals surface area contributed by atoms with E-state index in [-0.39, 0.29) is 5.91 Å². The first-order valence-electron chi connectivity index (χ1n) is 4.81. The van der Waals surface area contributed by atoms with Gasteiger partial charge in [0.05, 0.1) is 16.9 Å². The molecule has 94 valence electrons. The van der Waals surface area contributed by atoms with Crippen LogP contribution in [0.4, 0.5) is 0 Å². The van der Waals surface area contributed by atoms with E-state index < -0.39 is 5.25 Å². The number of thiol groups is 1. The van der Waals surface area contributed by atoms with Crippen LogP contribution >= 0.6 is 35.8 Å². The molecule has 3 N–H and O–H groups in total. The van der Waals surface area contributed by atoms with Crippen molar-refractivity contribution in [1.82, 2.24) is 5.43 Å². The van der Waals surface area contributed by atoms with Crippen molar-refractivity contribution in [1.29, 1.82) is 0 Å². The van der Waals surface area contributed by atoms with Crippen LogP contribution in [0.1, 0.15) is 6.42 Å². The molecule has 0 aliphatic carbocycles. The summed E-state index contributed by atoms with van der Waals surface area (Å²) in [5.41, 5.74) is 2.02. The zero-order chi connectivity index (χ0) is 12.8. The van der Waals surface area contributed by atoms with E-state index >= 15 is 0 Å². The molecule has 4 nitrogen and oxygen atoms in total. The minimum atomic E-state index is -0.508. The normalized spacial score (nSPS) is 12.0. The summed E-state index contributed by atoms with van der Waals surface area (Å²) in [6.07, 6.45) is 0.422. The number of hydrogen-bond donors (Lipinski definition) is 3. The van der Waals surface area contributed by atoms with Crippen LogP contribution in [0.15, 0.2) is 18.2 Å². The number of ether oxygens (including phenoxy) is 1. The Balaban J connectivity index is 2.43. The predicted molar refractivity (Wildman–Crippen MR) is 71.7 cm³/mol. The van der Waals surface area contributed by atoms with Gasteiger partial charge in [0.25, 0.3) is 0 Å². The lowest BCUT2D eigenvalue weighted by Gasteiger charge is -2.11. The van der Waals surface area contributed by atoms with Gasteiger partial charge in [0.15, 0.2) is 0 Å². The number of amides is 1. The maximum absolute atomic E-state index is 11.1. The summed E-state index contributed by atoms with van der Waals surface area (Å²) in [6, 6.07) is 4.93. The zero-order valence-electron chi connectivity index (χ0n) is 8.82. The fraction of sp³-hybridized carbons (Fsp3) is 0.300. The molecule has 1 aromatic rings. The second kappa shape index (κ2) is 6.96. The molecule has 1 unspecified atom stereocenters. The molecule has 0 aromatic heterocycles. The highest BCUT2D eigenvalue weighted by Gasteiger charge is 2.12. The predicted octanol–water partition coefficient (Wildman–Crippen LogP) is 2.05. The molecule has 1 aromatic carbocycles. The van der Waals surface area contributed by atoms with E-state index in [4.69, 9.17) is 33.8 Å². The van der Waals surface area contributed by atoms with Gasteiger partial charge < -0.3 is 4.74 Å². The minimum Gasteiger partial charge on any atom is -0.492 e. The standard InChI is InChI=1S/C10H12Cl2N2O2S/c11-6-1-2-8(7(12)5-6)16-4-3-9(17)10(15)14-13/h1-2,5,9,17H,3-4,13H2,(H,14,15). The molecule has 0 heterocycles. The molecule has 1 rings (SSSR count). The monoisotopic (exact) mass is 294 g/mol. The maximum atomic E-state index is 11.1. The quantitative estimate of drug-likeness (QED) is 0.337. The summed E-state index contributed by atoms with van der Waals surface area (Å²) in [5, 5.41) is 0.458. The third-order valence-electron chi connectivity index (χ3n) is 1.99. The molecular formula is C10H12Cl2N2O2S. The van der Waals surface area contributed by atoms with Crippen molar-refractivity contribution >= 4 is 41.7 Å². The topological polar surface area (TPSA) is 64.3 Å². The van der Waals surface area contributed by atoms with Crippen molar-refractivity contribution in [2.24, 2.45) is 5.84 Å². The molecule has 1 amide bonds. The molecular weight excluding hydrogens is 283 g/mol. The number of carbonyl (C=O) groups excluding carboxylic acids is 1. The number of rotatable bonds is 5. The molecule has 0 saturated heterocycles. The molecule has 0 radical (unpaired) electrons. The lowest BCUT2D eigenvalue weighted by molar-refractivity contribution is -0.120. The highest BCUT2D eigenvalue weighted by atomic mass is 35.5. The van der Waals surface area contributed by atoms with Gasteiger partial charge in [-0.2, -0.15) is 12.6 Å². The van der Waals surface area contributed by atoms with E-state index in [1.807, 2.05) is 5.43 Å². The van der Waals surface area contributed by atoms with Crippen molar-refractivity contribution in [2.45, 2.75) is 11.7 Å². The maximum Gasteiger partial charge on any atom is 0.246 e. The summed E-state index contributed by atoms with van der Waals surface area (Å²) in [7, 11) is 0. The van der Waals surface area contributed by atoms with Crippen molar-refractivity contribution in [3.05, 3.63) is 28.2 Å². The summed E-state index contributed by atoms with van der Waals surface area (Å²) in [5.74, 6) is 5.14. The van der Waals surface area contributed by atoms with Gasteiger partial charge in [-0.15, -0.1) is 0 Å². The minimum absolute atomic E-state index is 0.308. The third kappa shape index (κ3) is 4.63. The summed E-state index contributed by atoms with van der Waals surface area (Å²) < 4.78 is 5.40. The largest absolute Gasteiger partial charge is 0.492 e. The molecule has 0 aliphatic heterocycles. The van der Waals surface area contributed by atoms with Gasteiger partial charge in [-0.3, -0.25) is 10.2 Å². The van der Waals surface area contributed by atoms with Crippen LogP contribution in [-0.2, 0) is 4.79 Å². The Morgan fingerprint density at radius 3 is 2.82 bits per heavy atom. The van der Waals surface area contributed by atoms with Gasteiger partial charge in [0.1, 0.15) is 5.75 Å². The molecule has 1 atom stereocenters. The van der Waals surface area contributed by atoms with Gasteiger partial charge in [-0.05, 0) is 18.2 Å². The smallest absolute Gasteiger partial charge is 0.246 e. The molecule has 0 saturated carbocycles.